The van der Waals surface area contributed by atoms with E-state index >= 15 is 0 Å². The molecular weight excluding hydrogens is 473 g/mol. The lowest BCUT2D eigenvalue weighted by Gasteiger charge is -2.11. The average Bonchev–Trinajstić information content (AvgIpc) is 3.50. The van der Waals surface area contributed by atoms with Crippen LogP contribution in [0.25, 0.3) is 21.5 Å². The Morgan fingerprint density at radius 3 is 2.71 bits per heavy atom. The zero-order chi connectivity index (χ0) is 23.7. The number of nitrogens with one attached hydrogen (secondary N) is 3. The quantitative estimate of drug-likeness (QED) is 0.203. The van der Waals surface area contributed by atoms with Gasteiger partial charge in [0, 0.05) is 23.1 Å². The molecule has 5 N–H and O–H groups in total. The molecule has 2 aromatic heterocycles. The van der Waals surface area contributed by atoms with Crippen molar-refractivity contribution >= 4 is 57.2 Å². The Morgan fingerprint density at radius 2 is 1.94 bits per heavy atom. The van der Waals surface area contributed by atoms with Crippen molar-refractivity contribution in [2.24, 2.45) is 0 Å². The standard InChI is InChI=1S/C25H19ClFN5OS/c26-17-11-21-22(12-18(17)27)32-25(31-21)29-13-14-3-5-15(6-4-14)24(33)30-20-10-16(7-8-19(20)28)23-2-1-9-34-23/h1-12H,13,28H2,(H,30,33)(H2,29,31,32). The van der Waals surface area contributed by atoms with Gasteiger partial charge in [0.05, 0.1) is 27.4 Å². The number of halogens is 2. The molecule has 0 saturated carbocycles. The minimum Gasteiger partial charge on any atom is -0.397 e. The summed E-state index contributed by atoms with van der Waals surface area (Å²) >= 11 is 7.44. The number of nitrogen functional groups attached to an aromatic ring is 1. The van der Waals surface area contributed by atoms with Gasteiger partial charge in [-0.2, -0.15) is 0 Å². The predicted octanol–water partition coefficient (Wildman–Crippen LogP) is 6.53. The summed E-state index contributed by atoms with van der Waals surface area (Å²) in [6.07, 6.45) is 0. The van der Waals surface area contributed by atoms with Crippen LogP contribution >= 0.6 is 22.9 Å². The van der Waals surface area contributed by atoms with Crippen molar-refractivity contribution in [1.82, 2.24) is 9.97 Å². The summed E-state index contributed by atoms with van der Waals surface area (Å²) in [5, 5.41) is 8.09. The summed E-state index contributed by atoms with van der Waals surface area (Å²) in [5.74, 6) is -0.247. The third-order valence-corrected chi connectivity index (χ3v) is 6.52. The van der Waals surface area contributed by atoms with Gasteiger partial charge in [0.25, 0.3) is 5.91 Å². The lowest BCUT2D eigenvalue weighted by atomic mass is 10.1. The molecule has 0 unspecified atom stereocenters. The number of rotatable bonds is 6. The van der Waals surface area contributed by atoms with E-state index in [1.54, 1.807) is 29.5 Å². The Bertz CT molecular complexity index is 1440. The van der Waals surface area contributed by atoms with Crippen LogP contribution in [-0.4, -0.2) is 15.9 Å². The van der Waals surface area contributed by atoms with Crippen LogP contribution in [-0.2, 0) is 6.54 Å². The third-order valence-electron chi connectivity index (χ3n) is 5.31. The van der Waals surface area contributed by atoms with Crippen LogP contribution in [0.1, 0.15) is 15.9 Å². The van der Waals surface area contributed by atoms with Gasteiger partial charge in [0.15, 0.2) is 0 Å². The smallest absolute Gasteiger partial charge is 0.255 e. The van der Waals surface area contributed by atoms with Gasteiger partial charge >= 0.3 is 0 Å². The fraction of sp³-hybridized carbons (Fsp3) is 0.0400. The number of hydrogen-bond acceptors (Lipinski definition) is 5. The SMILES string of the molecule is Nc1ccc(-c2cccs2)cc1NC(=O)c1ccc(CNc2nc3cc(Cl)c(F)cc3[nH]2)cc1. The molecule has 0 aliphatic carbocycles. The number of fused-ring (bicyclic) bond motifs is 1. The maximum Gasteiger partial charge on any atom is 0.255 e. The second kappa shape index (κ2) is 9.17. The maximum atomic E-state index is 13.6. The number of anilines is 3. The fourth-order valence-corrected chi connectivity index (χ4v) is 4.39. The van der Waals surface area contributed by atoms with Crippen molar-refractivity contribution in [3.05, 3.63) is 94.1 Å². The highest BCUT2D eigenvalue weighted by molar-refractivity contribution is 7.13. The van der Waals surface area contributed by atoms with E-state index in [1.165, 1.54) is 12.1 Å². The lowest BCUT2D eigenvalue weighted by Crippen LogP contribution is -2.13. The summed E-state index contributed by atoms with van der Waals surface area (Å²) in [7, 11) is 0. The van der Waals surface area contributed by atoms with Gasteiger partial charge in [0.2, 0.25) is 5.95 Å². The highest BCUT2D eigenvalue weighted by atomic mass is 35.5. The molecular formula is C25H19ClFN5OS. The minimum atomic E-state index is -0.502. The van der Waals surface area contributed by atoms with E-state index in [0.717, 1.165) is 16.0 Å². The Kier molecular flexibility index (Phi) is 5.91. The second-order valence-corrected chi connectivity index (χ2v) is 9.01. The number of H-pyrrole nitrogens is 1. The predicted molar refractivity (Wildman–Crippen MR) is 137 cm³/mol. The summed E-state index contributed by atoms with van der Waals surface area (Å²) in [6.45, 7) is 0.466. The monoisotopic (exact) mass is 491 g/mol. The number of aromatic amines is 1. The van der Waals surface area contributed by atoms with E-state index in [-0.39, 0.29) is 10.9 Å². The molecule has 0 bridgehead atoms. The summed E-state index contributed by atoms with van der Waals surface area (Å²) in [4.78, 5) is 21.3. The largest absolute Gasteiger partial charge is 0.397 e. The van der Waals surface area contributed by atoms with Gasteiger partial charge in [-0.1, -0.05) is 35.9 Å². The molecule has 2 heterocycles. The number of nitrogens with two attached hydrogens (primary N) is 1. The zero-order valence-corrected chi connectivity index (χ0v) is 19.3. The Labute approximate surface area is 203 Å². The van der Waals surface area contributed by atoms with Gasteiger partial charge in [-0.05, 0) is 52.9 Å². The van der Waals surface area contributed by atoms with Crippen molar-refractivity contribution in [2.45, 2.75) is 6.54 Å². The van der Waals surface area contributed by atoms with Crippen LogP contribution in [0.2, 0.25) is 5.02 Å². The third kappa shape index (κ3) is 4.59. The first-order valence-corrected chi connectivity index (χ1v) is 11.6. The number of amides is 1. The lowest BCUT2D eigenvalue weighted by molar-refractivity contribution is 0.102. The van der Waals surface area contributed by atoms with E-state index in [1.807, 2.05) is 41.8 Å². The number of hydrogen-bond donors (Lipinski definition) is 4. The molecule has 5 aromatic rings. The molecule has 0 spiro atoms. The minimum absolute atomic E-state index is 0.0272. The van der Waals surface area contributed by atoms with Crippen molar-refractivity contribution in [1.29, 1.82) is 0 Å². The van der Waals surface area contributed by atoms with E-state index in [0.29, 0.717) is 40.5 Å². The Hall–Kier alpha value is -3.88. The average molecular weight is 492 g/mol. The number of nitrogens with zero attached hydrogens (tertiary/aromatic N) is 1. The second-order valence-electron chi connectivity index (χ2n) is 7.65. The number of aromatic nitrogens is 2. The number of carbonyl (C=O) groups is 1. The normalized spacial score (nSPS) is 11.0. The molecule has 0 radical (unpaired) electrons. The molecule has 1 amide bonds. The van der Waals surface area contributed by atoms with Gasteiger partial charge < -0.3 is 21.4 Å². The Balaban J connectivity index is 1.24. The van der Waals surface area contributed by atoms with Crippen LogP contribution in [0, 0.1) is 5.82 Å². The number of benzene rings is 3. The van der Waals surface area contributed by atoms with Gasteiger partial charge in [-0.25, -0.2) is 9.37 Å². The highest BCUT2D eigenvalue weighted by Gasteiger charge is 2.11. The topological polar surface area (TPSA) is 95.8 Å². The summed E-state index contributed by atoms with van der Waals surface area (Å²) < 4.78 is 13.6. The van der Waals surface area contributed by atoms with E-state index in [4.69, 9.17) is 17.3 Å². The van der Waals surface area contributed by atoms with Crippen LogP contribution in [0.5, 0.6) is 0 Å². The summed E-state index contributed by atoms with van der Waals surface area (Å²) in [6, 6.07) is 19.6. The first-order valence-electron chi connectivity index (χ1n) is 10.4. The molecule has 0 atom stereocenters. The zero-order valence-electron chi connectivity index (χ0n) is 17.7. The van der Waals surface area contributed by atoms with Crippen molar-refractivity contribution < 1.29 is 9.18 Å². The van der Waals surface area contributed by atoms with Gasteiger partial charge in [0.1, 0.15) is 5.82 Å². The molecule has 5 rings (SSSR count). The van der Waals surface area contributed by atoms with Crippen LogP contribution in [0.3, 0.4) is 0 Å². The molecule has 0 saturated heterocycles. The fourth-order valence-electron chi connectivity index (χ4n) is 3.50. The van der Waals surface area contributed by atoms with Crippen molar-refractivity contribution in [2.75, 3.05) is 16.4 Å². The first-order chi connectivity index (χ1) is 16.5. The molecule has 170 valence electrons. The Morgan fingerprint density at radius 1 is 1.12 bits per heavy atom. The summed E-state index contributed by atoms with van der Waals surface area (Å²) in [5.41, 5.74) is 10.7. The number of carbonyl (C=O) groups excluding carboxylic acids is 1. The highest BCUT2D eigenvalue weighted by Crippen LogP contribution is 2.30. The number of thiophene rings is 1. The van der Waals surface area contributed by atoms with E-state index in [2.05, 4.69) is 20.6 Å². The van der Waals surface area contributed by atoms with Crippen molar-refractivity contribution in [3.8, 4) is 10.4 Å². The first kappa shape index (κ1) is 21.9. The van der Waals surface area contributed by atoms with Crippen LogP contribution in [0.15, 0.2) is 72.1 Å². The van der Waals surface area contributed by atoms with E-state index in [9.17, 15) is 9.18 Å². The van der Waals surface area contributed by atoms with Gasteiger partial charge in [-0.3, -0.25) is 4.79 Å². The molecule has 0 aliphatic heterocycles. The van der Waals surface area contributed by atoms with Crippen LogP contribution in [0.4, 0.5) is 21.7 Å². The van der Waals surface area contributed by atoms with E-state index < -0.39 is 5.82 Å². The maximum absolute atomic E-state index is 13.6. The molecule has 6 nitrogen and oxygen atoms in total. The molecule has 0 fully saturated rings. The molecule has 3 aromatic carbocycles. The molecule has 0 aliphatic rings. The van der Waals surface area contributed by atoms with Crippen LogP contribution < -0.4 is 16.4 Å². The molecule has 9 heteroatoms. The molecule has 34 heavy (non-hydrogen) atoms. The van der Waals surface area contributed by atoms with Gasteiger partial charge in [-0.15, -0.1) is 11.3 Å². The number of imidazole rings is 1. The van der Waals surface area contributed by atoms with Crippen molar-refractivity contribution in [3.63, 3.8) is 0 Å².